The van der Waals surface area contributed by atoms with Gasteiger partial charge < -0.3 is 10.3 Å². The summed E-state index contributed by atoms with van der Waals surface area (Å²) >= 11 is 0. The molecule has 2 aromatic rings. The van der Waals surface area contributed by atoms with Gasteiger partial charge >= 0.3 is 0 Å². The SMILES string of the molecule is Cn1cc(CN2CCCC2)c2cccc(CN)c21. The van der Waals surface area contributed by atoms with Gasteiger partial charge in [-0.05, 0) is 37.1 Å². The fourth-order valence-corrected chi connectivity index (χ4v) is 3.11. The quantitative estimate of drug-likeness (QED) is 0.897. The molecule has 3 heteroatoms. The number of fused-ring (bicyclic) bond motifs is 1. The second kappa shape index (κ2) is 4.75. The van der Waals surface area contributed by atoms with Crippen molar-refractivity contribution in [3.05, 3.63) is 35.5 Å². The first-order valence-electron chi connectivity index (χ1n) is 6.78. The first-order valence-corrected chi connectivity index (χ1v) is 6.78. The number of para-hydroxylation sites is 1. The van der Waals surface area contributed by atoms with E-state index >= 15 is 0 Å². The summed E-state index contributed by atoms with van der Waals surface area (Å²) in [6.45, 7) is 4.17. The minimum Gasteiger partial charge on any atom is -0.350 e. The molecule has 3 rings (SSSR count). The Morgan fingerprint density at radius 3 is 2.67 bits per heavy atom. The Morgan fingerprint density at radius 2 is 1.94 bits per heavy atom. The van der Waals surface area contributed by atoms with Crippen LogP contribution in [0.2, 0.25) is 0 Å². The predicted molar refractivity (Wildman–Crippen MR) is 75.3 cm³/mol. The van der Waals surface area contributed by atoms with Crippen molar-refractivity contribution in [1.29, 1.82) is 0 Å². The van der Waals surface area contributed by atoms with Crippen LogP contribution in [0.1, 0.15) is 24.0 Å². The molecule has 0 saturated carbocycles. The van der Waals surface area contributed by atoms with Gasteiger partial charge in [-0.25, -0.2) is 0 Å². The van der Waals surface area contributed by atoms with Crippen LogP contribution < -0.4 is 5.73 Å². The first kappa shape index (κ1) is 11.8. The van der Waals surface area contributed by atoms with Gasteiger partial charge in [0, 0.05) is 31.7 Å². The van der Waals surface area contributed by atoms with Crippen molar-refractivity contribution < 1.29 is 0 Å². The summed E-state index contributed by atoms with van der Waals surface area (Å²) in [5, 5.41) is 1.37. The zero-order chi connectivity index (χ0) is 12.5. The molecule has 0 spiro atoms. The van der Waals surface area contributed by atoms with Crippen LogP contribution in [0.3, 0.4) is 0 Å². The lowest BCUT2D eigenvalue weighted by Gasteiger charge is -2.13. The third kappa shape index (κ3) is 1.93. The molecule has 1 aromatic carbocycles. The number of likely N-dealkylation sites (tertiary alicyclic amines) is 1. The Labute approximate surface area is 108 Å². The Morgan fingerprint density at radius 1 is 1.17 bits per heavy atom. The van der Waals surface area contributed by atoms with Gasteiger partial charge in [0.25, 0.3) is 0 Å². The maximum atomic E-state index is 5.83. The van der Waals surface area contributed by atoms with Crippen LogP contribution in [0.15, 0.2) is 24.4 Å². The van der Waals surface area contributed by atoms with Gasteiger partial charge in [-0.2, -0.15) is 0 Å². The molecule has 0 radical (unpaired) electrons. The molecule has 1 saturated heterocycles. The van der Waals surface area contributed by atoms with E-state index in [0.717, 1.165) is 6.54 Å². The van der Waals surface area contributed by atoms with Crippen LogP contribution in [0.25, 0.3) is 10.9 Å². The smallest absolute Gasteiger partial charge is 0.0526 e. The summed E-state index contributed by atoms with van der Waals surface area (Å²) in [5.41, 5.74) is 9.81. The molecule has 0 unspecified atom stereocenters. The summed E-state index contributed by atoms with van der Waals surface area (Å²) < 4.78 is 2.23. The second-order valence-corrected chi connectivity index (χ2v) is 5.27. The van der Waals surface area contributed by atoms with Gasteiger partial charge in [0.2, 0.25) is 0 Å². The molecule has 1 fully saturated rings. The Balaban J connectivity index is 2.02. The largest absolute Gasteiger partial charge is 0.350 e. The molecule has 1 aromatic heterocycles. The molecule has 0 bridgehead atoms. The van der Waals surface area contributed by atoms with Crippen LogP contribution in [0.5, 0.6) is 0 Å². The summed E-state index contributed by atoms with van der Waals surface area (Å²) in [4.78, 5) is 2.55. The van der Waals surface area contributed by atoms with Crippen LogP contribution in [-0.2, 0) is 20.1 Å². The van der Waals surface area contributed by atoms with Gasteiger partial charge in [0.1, 0.15) is 0 Å². The minimum absolute atomic E-state index is 0.609. The van der Waals surface area contributed by atoms with Gasteiger partial charge in [0.05, 0.1) is 5.52 Å². The molecule has 2 N–H and O–H groups in total. The van der Waals surface area contributed by atoms with E-state index < -0.39 is 0 Å². The summed E-state index contributed by atoms with van der Waals surface area (Å²) in [6.07, 6.45) is 4.96. The van der Waals surface area contributed by atoms with Crippen molar-refractivity contribution in [2.45, 2.75) is 25.9 Å². The highest BCUT2D eigenvalue weighted by atomic mass is 15.1. The van der Waals surface area contributed by atoms with Crippen LogP contribution in [-0.4, -0.2) is 22.6 Å². The lowest BCUT2D eigenvalue weighted by atomic mass is 10.1. The van der Waals surface area contributed by atoms with E-state index in [1.807, 2.05) is 0 Å². The summed E-state index contributed by atoms with van der Waals surface area (Å²) in [5.74, 6) is 0. The number of aromatic nitrogens is 1. The molecule has 3 nitrogen and oxygen atoms in total. The van der Waals surface area contributed by atoms with Gasteiger partial charge in [-0.1, -0.05) is 18.2 Å². The van der Waals surface area contributed by atoms with E-state index in [-0.39, 0.29) is 0 Å². The molecule has 2 heterocycles. The summed E-state index contributed by atoms with van der Waals surface area (Å²) in [7, 11) is 2.12. The Kier molecular flexibility index (Phi) is 3.10. The highest BCUT2D eigenvalue weighted by molar-refractivity contribution is 5.86. The van der Waals surface area contributed by atoms with E-state index in [9.17, 15) is 0 Å². The normalized spacial score (nSPS) is 16.8. The number of hydrogen-bond acceptors (Lipinski definition) is 2. The molecule has 1 aliphatic heterocycles. The molecule has 96 valence electrons. The Hall–Kier alpha value is -1.32. The number of aryl methyl sites for hydroxylation is 1. The first-order chi connectivity index (χ1) is 8.79. The molecular formula is C15H21N3. The molecule has 0 amide bonds. The minimum atomic E-state index is 0.609. The zero-order valence-corrected chi connectivity index (χ0v) is 11.0. The highest BCUT2D eigenvalue weighted by Crippen LogP contribution is 2.26. The fourth-order valence-electron chi connectivity index (χ4n) is 3.11. The maximum Gasteiger partial charge on any atom is 0.0526 e. The van der Waals surface area contributed by atoms with Crippen molar-refractivity contribution in [1.82, 2.24) is 9.47 Å². The predicted octanol–water partition coefficient (Wildman–Crippen LogP) is 2.23. The topological polar surface area (TPSA) is 34.2 Å². The van der Waals surface area contributed by atoms with Gasteiger partial charge in [0.15, 0.2) is 0 Å². The average molecular weight is 243 g/mol. The molecule has 0 aliphatic carbocycles. The lowest BCUT2D eigenvalue weighted by Crippen LogP contribution is -2.18. The average Bonchev–Trinajstić information content (AvgIpc) is 2.99. The van der Waals surface area contributed by atoms with E-state index in [1.165, 1.54) is 48.0 Å². The number of benzene rings is 1. The zero-order valence-electron chi connectivity index (χ0n) is 11.0. The van der Waals surface area contributed by atoms with Crippen molar-refractivity contribution in [2.75, 3.05) is 13.1 Å². The van der Waals surface area contributed by atoms with Gasteiger partial charge in [-0.15, -0.1) is 0 Å². The Bertz CT molecular complexity index is 550. The summed E-state index contributed by atoms with van der Waals surface area (Å²) in [6, 6.07) is 6.47. The third-order valence-corrected chi connectivity index (χ3v) is 3.98. The van der Waals surface area contributed by atoms with E-state index in [4.69, 9.17) is 5.73 Å². The van der Waals surface area contributed by atoms with Crippen molar-refractivity contribution >= 4 is 10.9 Å². The molecule has 18 heavy (non-hydrogen) atoms. The van der Waals surface area contributed by atoms with Gasteiger partial charge in [-0.3, -0.25) is 4.90 Å². The van der Waals surface area contributed by atoms with Crippen LogP contribution in [0, 0.1) is 0 Å². The highest BCUT2D eigenvalue weighted by Gasteiger charge is 2.15. The molecule has 1 aliphatic rings. The number of hydrogen-bond donors (Lipinski definition) is 1. The number of rotatable bonds is 3. The van der Waals surface area contributed by atoms with Crippen LogP contribution in [0.4, 0.5) is 0 Å². The molecular weight excluding hydrogens is 222 g/mol. The maximum absolute atomic E-state index is 5.83. The number of nitrogens with two attached hydrogens (primary N) is 1. The fraction of sp³-hybridized carbons (Fsp3) is 0.467. The van der Waals surface area contributed by atoms with E-state index in [1.54, 1.807) is 0 Å². The van der Waals surface area contributed by atoms with Crippen molar-refractivity contribution in [2.24, 2.45) is 12.8 Å². The standard InChI is InChI=1S/C15H21N3/c1-17-10-13(11-18-7-2-3-8-18)14-6-4-5-12(9-16)15(14)17/h4-6,10H,2-3,7-9,11,16H2,1H3. The molecule has 0 atom stereocenters. The lowest BCUT2D eigenvalue weighted by molar-refractivity contribution is 0.332. The van der Waals surface area contributed by atoms with Crippen molar-refractivity contribution in [3.63, 3.8) is 0 Å². The second-order valence-electron chi connectivity index (χ2n) is 5.27. The monoisotopic (exact) mass is 243 g/mol. The van der Waals surface area contributed by atoms with E-state index in [0.29, 0.717) is 6.54 Å². The third-order valence-electron chi connectivity index (χ3n) is 3.98. The number of nitrogens with zero attached hydrogens (tertiary/aromatic N) is 2. The van der Waals surface area contributed by atoms with E-state index in [2.05, 4.69) is 40.9 Å². The van der Waals surface area contributed by atoms with Crippen LogP contribution >= 0.6 is 0 Å². The van der Waals surface area contributed by atoms with Crippen molar-refractivity contribution in [3.8, 4) is 0 Å².